The Kier molecular flexibility index (Phi) is 7.10. The Labute approximate surface area is 145 Å². The molecule has 1 aromatic carbocycles. The van der Waals surface area contributed by atoms with E-state index in [1.165, 1.54) is 6.92 Å². The first-order valence-corrected chi connectivity index (χ1v) is 7.23. The van der Waals surface area contributed by atoms with Gasteiger partial charge in [0.25, 0.3) is 5.92 Å². The number of carbonyl (C=O) groups excluding carboxylic acids is 1. The van der Waals surface area contributed by atoms with Crippen molar-refractivity contribution in [3.05, 3.63) is 34.7 Å². The number of hydrogen-bond acceptors (Lipinski definition) is 5. The monoisotopic (exact) mass is 381 g/mol. The van der Waals surface area contributed by atoms with Gasteiger partial charge in [-0.3, -0.25) is 4.99 Å². The highest BCUT2D eigenvalue weighted by Crippen LogP contribution is 2.31. The molecule has 5 nitrogen and oxygen atoms in total. The van der Waals surface area contributed by atoms with E-state index >= 15 is 0 Å². The van der Waals surface area contributed by atoms with Crippen LogP contribution in [0, 0.1) is 17.5 Å². The first kappa shape index (κ1) is 21.4. The maximum Gasteiger partial charge on any atom is 0.343 e. The van der Waals surface area contributed by atoms with Crippen molar-refractivity contribution in [3.8, 4) is 5.75 Å². The Bertz CT molecular complexity index is 741. The summed E-state index contributed by atoms with van der Waals surface area (Å²) in [4.78, 5) is 15.2. The molecule has 0 aliphatic carbocycles. The molecule has 1 aromatic rings. The molecule has 0 bridgehead atoms. The van der Waals surface area contributed by atoms with E-state index in [4.69, 9.17) is 0 Å². The molecule has 0 radical (unpaired) electrons. The molecule has 0 heterocycles. The number of ether oxygens (including phenoxy) is 2. The average molecular weight is 381 g/mol. The molecular formula is C16H16F5NO4. The molecule has 0 saturated heterocycles. The minimum absolute atomic E-state index is 0.156. The van der Waals surface area contributed by atoms with Crippen LogP contribution in [0.5, 0.6) is 5.75 Å². The summed E-state index contributed by atoms with van der Waals surface area (Å²) < 4.78 is 76.0. The number of hydrogen-bond donors (Lipinski definition) is 1. The lowest BCUT2D eigenvalue weighted by Gasteiger charge is -2.11. The van der Waals surface area contributed by atoms with Crippen LogP contribution in [0.15, 0.2) is 16.6 Å². The Hall–Kier alpha value is -2.65. The third-order valence-corrected chi connectivity index (χ3v) is 2.91. The molecule has 1 rings (SSSR count). The van der Waals surface area contributed by atoms with Crippen molar-refractivity contribution in [2.75, 3.05) is 20.3 Å². The van der Waals surface area contributed by atoms with Crippen LogP contribution in [0.4, 0.5) is 22.0 Å². The van der Waals surface area contributed by atoms with Gasteiger partial charge in [-0.25, -0.2) is 22.4 Å². The van der Waals surface area contributed by atoms with E-state index in [0.29, 0.717) is 13.1 Å². The second-order valence-electron chi connectivity index (χ2n) is 5.09. The predicted octanol–water partition coefficient (Wildman–Crippen LogP) is 3.67. The molecule has 0 aliphatic heterocycles. The van der Waals surface area contributed by atoms with Crippen LogP contribution < -0.4 is 4.74 Å². The van der Waals surface area contributed by atoms with Crippen LogP contribution in [0.25, 0.3) is 5.76 Å². The fraction of sp³-hybridized carbons (Fsp3) is 0.375. The number of halogens is 5. The van der Waals surface area contributed by atoms with Gasteiger partial charge in [-0.15, -0.1) is 0 Å². The average Bonchev–Trinajstić information content (AvgIpc) is 2.54. The van der Waals surface area contributed by atoms with Gasteiger partial charge in [0.15, 0.2) is 17.4 Å². The summed E-state index contributed by atoms with van der Waals surface area (Å²) in [5, 5.41) is 10.1. The molecule has 144 valence electrons. The van der Waals surface area contributed by atoms with E-state index in [1.54, 1.807) is 0 Å². The Balaban J connectivity index is 3.53. The molecule has 0 atom stereocenters. The van der Waals surface area contributed by atoms with E-state index in [-0.39, 0.29) is 12.7 Å². The van der Waals surface area contributed by atoms with Crippen molar-refractivity contribution in [2.45, 2.75) is 19.8 Å². The van der Waals surface area contributed by atoms with Crippen molar-refractivity contribution in [1.82, 2.24) is 0 Å². The summed E-state index contributed by atoms with van der Waals surface area (Å²) in [5.74, 6) is -11.4. The van der Waals surface area contributed by atoms with Crippen molar-refractivity contribution >= 4 is 17.9 Å². The van der Waals surface area contributed by atoms with Gasteiger partial charge in [0.2, 0.25) is 5.82 Å². The SMILES string of the molecule is CCOC(=O)C(C=NCC(C)(F)F)=C(O)c1cc(F)c(F)c(OC)c1F. The molecule has 26 heavy (non-hydrogen) atoms. The van der Waals surface area contributed by atoms with Crippen molar-refractivity contribution < 1.29 is 41.3 Å². The highest BCUT2D eigenvalue weighted by molar-refractivity contribution is 6.15. The highest BCUT2D eigenvalue weighted by atomic mass is 19.3. The lowest BCUT2D eigenvalue weighted by atomic mass is 10.1. The third kappa shape index (κ3) is 5.17. The van der Waals surface area contributed by atoms with Gasteiger partial charge in [-0.05, 0) is 13.0 Å². The summed E-state index contributed by atoms with van der Waals surface area (Å²) in [6, 6.07) is 0.282. The van der Waals surface area contributed by atoms with Crippen LogP contribution in [0.1, 0.15) is 19.4 Å². The number of aliphatic hydroxyl groups is 1. The number of benzene rings is 1. The molecule has 1 N–H and O–H groups in total. The normalized spacial score (nSPS) is 12.9. The molecule has 0 aliphatic rings. The van der Waals surface area contributed by atoms with Crippen molar-refractivity contribution in [1.29, 1.82) is 0 Å². The van der Waals surface area contributed by atoms with Crippen LogP contribution in [-0.2, 0) is 9.53 Å². The quantitative estimate of drug-likeness (QED) is 0.195. The van der Waals surface area contributed by atoms with Gasteiger partial charge in [0.1, 0.15) is 17.9 Å². The van der Waals surface area contributed by atoms with Crippen LogP contribution in [0.3, 0.4) is 0 Å². The second-order valence-corrected chi connectivity index (χ2v) is 5.09. The summed E-state index contributed by atoms with van der Waals surface area (Å²) >= 11 is 0. The lowest BCUT2D eigenvalue weighted by Crippen LogP contribution is -2.16. The standard InChI is InChI=1S/C16H16F5NO4/c1-4-26-15(24)9(6-22-7-16(2,20)21)13(23)8-5-10(17)12(19)14(25-3)11(8)18/h5-6,23H,4,7H2,1-3H3. The van der Waals surface area contributed by atoms with Crippen LogP contribution >= 0.6 is 0 Å². The van der Waals surface area contributed by atoms with E-state index in [9.17, 15) is 31.9 Å². The zero-order valence-electron chi connectivity index (χ0n) is 14.1. The molecular weight excluding hydrogens is 365 g/mol. The maximum atomic E-state index is 14.2. The molecule has 0 spiro atoms. The predicted molar refractivity (Wildman–Crippen MR) is 83.0 cm³/mol. The Morgan fingerprint density at radius 2 is 1.92 bits per heavy atom. The van der Waals surface area contributed by atoms with Crippen molar-refractivity contribution in [2.24, 2.45) is 4.99 Å². The number of aliphatic hydroxyl groups excluding tert-OH is 1. The van der Waals surface area contributed by atoms with E-state index in [2.05, 4.69) is 14.5 Å². The van der Waals surface area contributed by atoms with Gasteiger partial charge in [-0.1, -0.05) is 0 Å². The van der Waals surface area contributed by atoms with Gasteiger partial charge >= 0.3 is 5.97 Å². The zero-order chi connectivity index (χ0) is 20.1. The zero-order valence-corrected chi connectivity index (χ0v) is 14.1. The fourth-order valence-electron chi connectivity index (χ4n) is 1.79. The fourth-order valence-corrected chi connectivity index (χ4v) is 1.79. The second kappa shape index (κ2) is 8.63. The lowest BCUT2D eigenvalue weighted by molar-refractivity contribution is -0.137. The molecule has 0 aromatic heterocycles. The molecule has 0 saturated carbocycles. The van der Waals surface area contributed by atoms with Gasteiger partial charge in [0.05, 0.1) is 19.3 Å². The minimum atomic E-state index is -3.21. The number of alkyl halides is 2. The van der Waals surface area contributed by atoms with E-state index < -0.39 is 58.5 Å². The number of rotatable bonds is 7. The maximum absolute atomic E-state index is 14.2. The van der Waals surface area contributed by atoms with Crippen LogP contribution in [0.2, 0.25) is 0 Å². The number of nitrogens with zero attached hydrogens (tertiary/aromatic N) is 1. The number of methoxy groups -OCH3 is 1. The largest absolute Gasteiger partial charge is 0.506 e. The topological polar surface area (TPSA) is 68.1 Å². The summed E-state index contributed by atoms with van der Waals surface area (Å²) in [6.07, 6.45) is 0.540. The Morgan fingerprint density at radius 3 is 2.42 bits per heavy atom. The first-order valence-electron chi connectivity index (χ1n) is 7.23. The van der Waals surface area contributed by atoms with Gasteiger partial charge in [-0.2, -0.15) is 4.39 Å². The third-order valence-electron chi connectivity index (χ3n) is 2.91. The van der Waals surface area contributed by atoms with E-state index in [0.717, 1.165) is 7.11 Å². The van der Waals surface area contributed by atoms with E-state index in [1.807, 2.05) is 0 Å². The summed E-state index contributed by atoms with van der Waals surface area (Å²) in [6.45, 7) is 0.798. The molecule has 0 amide bonds. The highest BCUT2D eigenvalue weighted by Gasteiger charge is 2.26. The van der Waals surface area contributed by atoms with Crippen molar-refractivity contribution in [3.63, 3.8) is 0 Å². The minimum Gasteiger partial charge on any atom is -0.506 e. The molecule has 10 heteroatoms. The molecule has 0 unspecified atom stereocenters. The first-order chi connectivity index (χ1) is 12.0. The van der Waals surface area contributed by atoms with Crippen LogP contribution in [-0.4, -0.2) is 43.5 Å². The van der Waals surface area contributed by atoms with Gasteiger partial charge < -0.3 is 14.6 Å². The molecule has 0 fully saturated rings. The summed E-state index contributed by atoms with van der Waals surface area (Å²) in [5.41, 5.74) is -1.75. The number of esters is 1. The number of aliphatic imine (C=N–C) groups is 1. The van der Waals surface area contributed by atoms with Gasteiger partial charge in [0, 0.05) is 13.1 Å². The smallest absolute Gasteiger partial charge is 0.343 e. The summed E-state index contributed by atoms with van der Waals surface area (Å²) in [7, 11) is 0.864. The Morgan fingerprint density at radius 1 is 1.31 bits per heavy atom. The number of carbonyl (C=O) groups is 1.